The number of carbonyl (C=O) groups excluding carboxylic acids is 1. The molecule has 1 unspecified atom stereocenters. The maximum absolute atomic E-state index is 13.0. The number of likely N-dealkylation sites (tertiary alicyclic amines) is 1. The summed E-state index contributed by atoms with van der Waals surface area (Å²) in [5.41, 5.74) is 0.746. The van der Waals surface area contributed by atoms with Crippen LogP contribution in [0.3, 0.4) is 0 Å². The number of rotatable bonds is 4. The number of thiophene rings is 1. The average molecular weight is 347 g/mol. The molecule has 2 aromatic rings. The van der Waals surface area contributed by atoms with Gasteiger partial charge in [0.15, 0.2) is 0 Å². The van der Waals surface area contributed by atoms with Crippen molar-refractivity contribution in [2.24, 2.45) is 5.92 Å². The number of halogens is 1. The fourth-order valence-electron chi connectivity index (χ4n) is 3.24. The molecule has 1 aromatic carbocycles. The first-order valence-corrected chi connectivity index (χ1v) is 9.11. The van der Waals surface area contributed by atoms with Crippen molar-refractivity contribution in [2.45, 2.75) is 32.3 Å². The van der Waals surface area contributed by atoms with Crippen molar-refractivity contribution in [1.82, 2.24) is 4.90 Å². The van der Waals surface area contributed by atoms with E-state index in [1.54, 1.807) is 23.5 Å². The number of piperidine rings is 1. The number of hydrogen-bond donors (Lipinski definition) is 1. The van der Waals surface area contributed by atoms with Crippen LogP contribution in [-0.2, 0) is 11.2 Å². The number of carbonyl (C=O) groups is 1. The lowest BCUT2D eigenvalue weighted by Crippen LogP contribution is -2.40. The SMILES string of the molecule is Cc1ccc(CC(=O)N2CCC(C(O)c3ccc(F)cc3)CC2)s1. The Morgan fingerprint density at radius 3 is 2.50 bits per heavy atom. The first kappa shape index (κ1) is 17.1. The summed E-state index contributed by atoms with van der Waals surface area (Å²) in [5, 5.41) is 10.5. The van der Waals surface area contributed by atoms with E-state index in [1.807, 2.05) is 24.0 Å². The molecular weight excluding hydrogens is 325 g/mol. The molecule has 1 aliphatic heterocycles. The summed E-state index contributed by atoms with van der Waals surface area (Å²) in [4.78, 5) is 16.6. The van der Waals surface area contributed by atoms with Crippen LogP contribution in [-0.4, -0.2) is 29.0 Å². The van der Waals surface area contributed by atoms with Gasteiger partial charge in [-0.2, -0.15) is 0 Å². The van der Waals surface area contributed by atoms with E-state index in [2.05, 4.69) is 0 Å². The van der Waals surface area contributed by atoms with E-state index < -0.39 is 6.10 Å². The lowest BCUT2D eigenvalue weighted by Gasteiger charge is -2.34. The molecule has 0 aliphatic carbocycles. The number of benzene rings is 1. The van der Waals surface area contributed by atoms with Gasteiger partial charge in [-0.05, 0) is 55.5 Å². The summed E-state index contributed by atoms with van der Waals surface area (Å²) in [5.74, 6) is -0.0229. The third kappa shape index (κ3) is 4.02. The number of aryl methyl sites for hydroxylation is 1. The number of nitrogens with zero attached hydrogens (tertiary/aromatic N) is 1. The van der Waals surface area contributed by atoms with Crippen LogP contribution in [0.1, 0.15) is 34.3 Å². The highest BCUT2D eigenvalue weighted by atomic mass is 32.1. The molecule has 24 heavy (non-hydrogen) atoms. The minimum Gasteiger partial charge on any atom is -0.388 e. The molecule has 1 fully saturated rings. The molecule has 0 radical (unpaired) electrons. The summed E-state index contributed by atoms with van der Waals surface area (Å²) in [6, 6.07) is 10.1. The highest BCUT2D eigenvalue weighted by Crippen LogP contribution is 2.31. The predicted octanol–water partition coefficient (Wildman–Crippen LogP) is 3.71. The molecule has 1 amide bonds. The van der Waals surface area contributed by atoms with E-state index in [4.69, 9.17) is 0 Å². The Bertz CT molecular complexity index is 690. The van der Waals surface area contributed by atoms with E-state index >= 15 is 0 Å². The van der Waals surface area contributed by atoms with Gasteiger partial charge in [-0.15, -0.1) is 11.3 Å². The Morgan fingerprint density at radius 2 is 1.92 bits per heavy atom. The summed E-state index contributed by atoms with van der Waals surface area (Å²) in [6.45, 7) is 3.39. The van der Waals surface area contributed by atoms with Crippen molar-refractivity contribution in [3.05, 3.63) is 57.5 Å². The zero-order chi connectivity index (χ0) is 17.1. The molecule has 128 valence electrons. The topological polar surface area (TPSA) is 40.5 Å². The lowest BCUT2D eigenvalue weighted by molar-refractivity contribution is -0.132. The molecule has 3 rings (SSSR count). The molecule has 1 saturated heterocycles. The largest absolute Gasteiger partial charge is 0.388 e. The third-order valence-corrected chi connectivity index (χ3v) is 5.67. The Kier molecular flexibility index (Phi) is 5.31. The molecule has 1 N–H and O–H groups in total. The highest BCUT2D eigenvalue weighted by molar-refractivity contribution is 7.12. The summed E-state index contributed by atoms with van der Waals surface area (Å²) < 4.78 is 13.0. The molecule has 1 aliphatic rings. The minimum absolute atomic E-state index is 0.114. The molecule has 3 nitrogen and oxygen atoms in total. The van der Waals surface area contributed by atoms with Gasteiger partial charge in [0.2, 0.25) is 5.91 Å². The Morgan fingerprint density at radius 1 is 1.25 bits per heavy atom. The fourth-order valence-corrected chi connectivity index (χ4v) is 4.12. The Labute approximate surface area is 145 Å². The van der Waals surface area contributed by atoms with Gasteiger partial charge in [0.25, 0.3) is 0 Å². The second-order valence-corrected chi connectivity index (χ2v) is 7.78. The number of amides is 1. The fraction of sp³-hybridized carbons (Fsp3) is 0.421. The standard InChI is InChI=1S/C19H22FNO2S/c1-13-2-7-17(24-13)12-18(22)21-10-8-15(9-11-21)19(23)14-3-5-16(20)6-4-14/h2-7,15,19,23H,8-12H2,1H3. The van der Waals surface area contributed by atoms with Gasteiger partial charge in [-0.3, -0.25) is 4.79 Å². The van der Waals surface area contributed by atoms with Crippen molar-refractivity contribution >= 4 is 17.2 Å². The number of hydrogen-bond acceptors (Lipinski definition) is 3. The smallest absolute Gasteiger partial charge is 0.227 e. The minimum atomic E-state index is -0.595. The van der Waals surface area contributed by atoms with E-state index in [9.17, 15) is 14.3 Å². The normalized spacial score (nSPS) is 17.0. The highest BCUT2D eigenvalue weighted by Gasteiger charge is 2.28. The first-order valence-electron chi connectivity index (χ1n) is 8.29. The predicted molar refractivity (Wildman–Crippen MR) is 93.4 cm³/mol. The summed E-state index contributed by atoms with van der Waals surface area (Å²) in [7, 11) is 0. The van der Waals surface area contributed by atoms with Gasteiger partial charge in [-0.1, -0.05) is 12.1 Å². The van der Waals surface area contributed by atoms with Gasteiger partial charge in [0.1, 0.15) is 5.82 Å². The van der Waals surface area contributed by atoms with Crippen LogP contribution in [0.2, 0.25) is 0 Å². The summed E-state index contributed by atoms with van der Waals surface area (Å²) in [6.07, 6.45) is 1.41. The van der Waals surface area contributed by atoms with Crippen molar-refractivity contribution < 1.29 is 14.3 Å². The maximum atomic E-state index is 13.0. The van der Waals surface area contributed by atoms with E-state index in [0.29, 0.717) is 19.5 Å². The zero-order valence-corrected chi connectivity index (χ0v) is 14.6. The van der Waals surface area contributed by atoms with Crippen molar-refractivity contribution in [2.75, 3.05) is 13.1 Å². The van der Waals surface area contributed by atoms with E-state index in [0.717, 1.165) is 23.3 Å². The molecule has 1 aromatic heterocycles. The van der Waals surface area contributed by atoms with Gasteiger partial charge in [0.05, 0.1) is 12.5 Å². The molecule has 0 bridgehead atoms. The monoisotopic (exact) mass is 347 g/mol. The molecule has 0 saturated carbocycles. The van der Waals surface area contributed by atoms with Gasteiger partial charge in [0, 0.05) is 22.8 Å². The van der Waals surface area contributed by atoms with E-state index in [-0.39, 0.29) is 17.6 Å². The van der Waals surface area contributed by atoms with Crippen LogP contribution in [0.5, 0.6) is 0 Å². The number of aliphatic hydroxyl groups excluding tert-OH is 1. The molecular formula is C19H22FNO2S. The first-order chi connectivity index (χ1) is 11.5. The Hall–Kier alpha value is -1.72. The van der Waals surface area contributed by atoms with Crippen LogP contribution < -0.4 is 0 Å². The van der Waals surface area contributed by atoms with E-state index in [1.165, 1.54) is 17.0 Å². The second-order valence-electron chi connectivity index (χ2n) is 6.40. The summed E-state index contributed by atoms with van der Waals surface area (Å²) >= 11 is 1.67. The van der Waals surface area contributed by atoms with Crippen LogP contribution >= 0.6 is 11.3 Å². The molecule has 0 spiro atoms. The number of aliphatic hydroxyl groups is 1. The van der Waals surface area contributed by atoms with Crippen LogP contribution in [0.25, 0.3) is 0 Å². The van der Waals surface area contributed by atoms with Gasteiger partial charge in [-0.25, -0.2) is 4.39 Å². The second kappa shape index (κ2) is 7.45. The van der Waals surface area contributed by atoms with Crippen molar-refractivity contribution in [1.29, 1.82) is 0 Å². The van der Waals surface area contributed by atoms with Crippen molar-refractivity contribution in [3.63, 3.8) is 0 Å². The molecule has 2 heterocycles. The average Bonchev–Trinajstić information content (AvgIpc) is 3.00. The third-order valence-electron chi connectivity index (χ3n) is 4.67. The lowest BCUT2D eigenvalue weighted by atomic mass is 9.87. The molecule has 1 atom stereocenters. The zero-order valence-electron chi connectivity index (χ0n) is 13.7. The van der Waals surface area contributed by atoms with Crippen LogP contribution in [0.15, 0.2) is 36.4 Å². The van der Waals surface area contributed by atoms with Crippen molar-refractivity contribution in [3.8, 4) is 0 Å². The molecule has 5 heteroatoms. The Balaban J connectivity index is 1.53. The van der Waals surface area contributed by atoms with Crippen LogP contribution in [0.4, 0.5) is 4.39 Å². The van der Waals surface area contributed by atoms with Gasteiger partial charge < -0.3 is 10.0 Å². The van der Waals surface area contributed by atoms with Crippen LogP contribution in [0, 0.1) is 18.7 Å². The van der Waals surface area contributed by atoms with Gasteiger partial charge >= 0.3 is 0 Å². The quantitative estimate of drug-likeness (QED) is 0.916. The maximum Gasteiger partial charge on any atom is 0.227 e.